The van der Waals surface area contributed by atoms with Crippen LogP contribution in [0.4, 0.5) is 11.5 Å². The highest BCUT2D eigenvalue weighted by Gasteiger charge is 2.18. The van der Waals surface area contributed by atoms with Gasteiger partial charge in [0.2, 0.25) is 10.0 Å². The summed E-state index contributed by atoms with van der Waals surface area (Å²) in [7, 11) is -3.42. The number of hydrogen-bond donors (Lipinski definition) is 2. The van der Waals surface area contributed by atoms with Crippen molar-refractivity contribution in [2.24, 2.45) is 0 Å². The average Bonchev–Trinajstić information content (AvgIpc) is 3.16. The summed E-state index contributed by atoms with van der Waals surface area (Å²) in [5.74, 6) is 0.187. The summed E-state index contributed by atoms with van der Waals surface area (Å²) in [4.78, 5) is 17.6. The first-order valence-electron chi connectivity index (χ1n) is 9.91. The Kier molecular flexibility index (Phi) is 5.57. The molecule has 0 aliphatic heterocycles. The molecule has 166 valence electrons. The number of nitrogens with one attached hydrogen (secondary N) is 2. The summed E-state index contributed by atoms with van der Waals surface area (Å²) in [5.41, 5.74) is 3.60. The molecule has 0 unspecified atom stereocenters. The summed E-state index contributed by atoms with van der Waals surface area (Å²) < 4.78 is 26.5. The number of para-hydroxylation sites is 1. The summed E-state index contributed by atoms with van der Waals surface area (Å²) >= 11 is 0. The van der Waals surface area contributed by atoms with Crippen LogP contribution >= 0.6 is 0 Å². The number of anilines is 2. The van der Waals surface area contributed by atoms with Gasteiger partial charge in [-0.1, -0.05) is 18.2 Å². The van der Waals surface area contributed by atoms with Gasteiger partial charge in [0.1, 0.15) is 11.6 Å². The Labute approximate surface area is 190 Å². The Morgan fingerprint density at radius 3 is 2.48 bits per heavy atom. The molecule has 4 aromatic rings. The molecule has 2 N–H and O–H groups in total. The second-order valence-corrected chi connectivity index (χ2v) is 9.35. The highest BCUT2D eigenvalue weighted by molar-refractivity contribution is 7.92. The van der Waals surface area contributed by atoms with Crippen LogP contribution in [-0.4, -0.2) is 35.3 Å². The monoisotopic (exact) mass is 460 g/mol. The van der Waals surface area contributed by atoms with Crippen molar-refractivity contribution in [3.8, 4) is 11.9 Å². The molecule has 0 aliphatic rings. The maximum atomic E-state index is 12.9. The fraction of sp³-hybridized carbons (Fsp3) is 0.130. The zero-order valence-corrected chi connectivity index (χ0v) is 18.9. The van der Waals surface area contributed by atoms with Gasteiger partial charge in [-0.15, -0.1) is 0 Å². The molecule has 9 nitrogen and oxygen atoms in total. The second kappa shape index (κ2) is 8.37. The summed E-state index contributed by atoms with van der Waals surface area (Å²) in [6.45, 7) is 3.93. The minimum Gasteiger partial charge on any atom is -0.305 e. The molecule has 0 bridgehead atoms. The highest BCUT2D eigenvalue weighted by Crippen LogP contribution is 2.25. The van der Waals surface area contributed by atoms with Crippen molar-refractivity contribution in [1.82, 2.24) is 14.8 Å². The SMILES string of the molecule is Cc1cc(-n2ncc(C#N)c2NC(=O)c2ccc(NS(C)(=O)=O)cc2)nc2c(C)cccc12. The lowest BCUT2D eigenvalue weighted by molar-refractivity contribution is 0.102. The van der Waals surface area contributed by atoms with Gasteiger partial charge in [-0.2, -0.15) is 15.0 Å². The van der Waals surface area contributed by atoms with E-state index in [1.54, 1.807) is 0 Å². The molecule has 0 fully saturated rings. The third kappa shape index (κ3) is 4.53. The molecule has 0 radical (unpaired) electrons. The number of sulfonamides is 1. The molecule has 0 atom stereocenters. The predicted molar refractivity (Wildman–Crippen MR) is 126 cm³/mol. The maximum Gasteiger partial charge on any atom is 0.256 e. The number of nitrogens with zero attached hydrogens (tertiary/aromatic N) is 4. The van der Waals surface area contributed by atoms with Gasteiger partial charge in [0, 0.05) is 16.6 Å². The van der Waals surface area contributed by atoms with E-state index in [2.05, 4.69) is 15.1 Å². The molecule has 0 spiro atoms. The van der Waals surface area contributed by atoms with Crippen molar-refractivity contribution in [2.75, 3.05) is 16.3 Å². The molecule has 10 heteroatoms. The van der Waals surface area contributed by atoms with Gasteiger partial charge in [-0.25, -0.2) is 13.4 Å². The summed E-state index contributed by atoms with van der Waals surface area (Å²) in [5, 5.41) is 17.6. The van der Waals surface area contributed by atoms with E-state index in [-0.39, 0.29) is 16.9 Å². The van der Waals surface area contributed by atoms with Crippen LogP contribution in [0.1, 0.15) is 27.0 Å². The van der Waals surface area contributed by atoms with E-state index in [9.17, 15) is 18.5 Å². The number of benzene rings is 2. The van der Waals surface area contributed by atoms with Crippen molar-refractivity contribution >= 4 is 38.3 Å². The average molecular weight is 461 g/mol. The smallest absolute Gasteiger partial charge is 0.256 e. The Morgan fingerprint density at radius 1 is 1.09 bits per heavy atom. The zero-order chi connectivity index (χ0) is 23.8. The third-order valence-corrected chi connectivity index (χ3v) is 5.63. The summed E-state index contributed by atoms with van der Waals surface area (Å²) in [6, 6.07) is 15.7. The van der Waals surface area contributed by atoms with Crippen LogP contribution in [0.15, 0.2) is 54.7 Å². The quantitative estimate of drug-likeness (QED) is 0.469. The van der Waals surface area contributed by atoms with Crippen LogP contribution in [0, 0.1) is 25.2 Å². The molecule has 0 saturated carbocycles. The lowest BCUT2D eigenvalue weighted by Gasteiger charge is -2.12. The van der Waals surface area contributed by atoms with Gasteiger partial charge >= 0.3 is 0 Å². The number of carbonyl (C=O) groups excluding carboxylic acids is 1. The minimum atomic E-state index is -3.42. The molecule has 2 aromatic carbocycles. The number of hydrogen-bond acceptors (Lipinski definition) is 6. The van der Waals surface area contributed by atoms with Crippen LogP contribution < -0.4 is 10.0 Å². The third-order valence-electron chi connectivity index (χ3n) is 5.02. The number of carbonyl (C=O) groups is 1. The largest absolute Gasteiger partial charge is 0.305 e. The Balaban J connectivity index is 1.70. The van der Waals surface area contributed by atoms with E-state index in [4.69, 9.17) is 4.98 Å². The maximum absolute atomic E-state index is 12.9. The van der Waals surface area contributed by atoms with Crippen molar-refractivity contribution in [1.29, 1.82) is 5.26 Å². The van der Waals surface area contributed by atoms with Gasteiger partial charge in [-0.05, 0) is 55.3 Å². The van der Waals surface area contributed by atoms with Gasteiger partial charge in [0.05, 0.1) is 18.0 Å². The number of fused-ring (bicyclic) bond motifs is 1. The van der Waals surface area contributed by atoms with E-state index < -0.39 is 15.9 Å². The van der Waals surface area contributed by atoms with Gasteiger partial charge < -0.3 is 5.32 Å². The van der Waals surface area contributed by atoms with Crippen LogP contribution in [0.2, 0.25) is 0 Å². The Bertz CT molecular complexity index is 1530. The molecule has 4 rings (SSSR count). The molecule has 33 heavy (non-hydrogen) atoms. The number of rotatable bonds is 5. The van der Waals surface area contributed by atoms with Crippen LogP contribution in [0.3, 0.4) is 0 Å². The topological polar surface area (TPSA) is 130 Å². The van der Waals surface area contributed by atoms with E-state index >= 15 is 0 Å². The molecular formula is C23H20N6O3S. The van der Waals surface area contributed by atoms with Crippen molar-refractivity contribution < 1.29 is 13.2 Å². The molecule has 2 heterocycles. The number of amides is 1. The van der Waals surface area contributed by atoms with Crippen molar-refractivity contribution in [2.45, 2.75) is 13.8 Å². The lowest BCUT2D eigenvalue weighted by atomic mass is 10.1. The van der Waals surface area contributed by atoms with Crippen molar-refractivity contribution in [3.63, 3.8) is 0 Å². The lowest BCUT2D eigenvalue weighted by Crippen LogP contribution is -2.17. The second-order valence-electron chi connectivity index (χ2n) is 7.60. The van der Waals surface area contributed by atoms with Crippen LogP contribution in [0.25, 0.3) is 16.7 Å². The van der Waals surface area contributed by atoms with E-state index in [0.717, 1.165) is 28.3 Å². The first-order chi connectivity index (χ1) is 15.7. The fourth-order valence-corrected chi connectivity index (χ4v) is 4.02. The Morgan fingerprint density at radius 2 is 1.82 bits per heavy atom. The first kappa shape index (κ1) is 22.0. The molecule has 1 amide bonds. The van der Waals surface area contributed by atoms with E-state index in [1.165, 1.54) is 35.1 Å². The zero-order valence-electron chi connectivity index (χ0n) is 18.1. The Hall–Kier alpha value is -4.23. The van der Waals surface area contributed by atoms with E-state index in [0.29, 0.717) is 11.5 Å². The number of aryl methyl sites for hydroxylation is 2. The summed E-state index contributed by atoms with van der Waals surface area (Å²) in [6.07, 6.45) is 2.41. The van der Waals surface area contributed by atoms with Gasteiger partial charge in [0.15, 0.2) is 11.6 Å². The fourth-order valence-electron chi connectivity index (χ4n) is 3.46. The molecule has 0 saturated heterocycles. The molecule has 0 aliphatic carbocycles. The molecular weight excluding hydrogens is 440 g/mol. The number of pyridine rings is 1. The first-order valence-corrected chi connectivity index (χ1v) is 11.8. The molecule has 2 aromatic heterocycles. The normalized spacial score (nSPS) is 11.2. The van der Waals surface area contributed by atoms with Crippen LogP contribution in [-0.2, 0) is 10.0 Å². The van der Waals surface area contributed by atoms with E-state index in [1.807, 2.05) is 44.2 Å². The van der Waals surface area contributed by atoms with Crippen LogP contribution in [0.5, 0.6) is 0 Å². The minimum absolute atomic E-state index is 0.183. The van der Waals surface area contributed by atoms with Crippen molar-refractivity contribution in [3.05, 3.63) is 77.0 Å². The number of nitriles is 1. The highest BCUT2D eigenvalue weighted by atomic mass is 32.2. The number of aromatic nitrogens is 3. The predicted octanol–water partition coefficient (Wildman–Crippen LogP) is 3.53. The van der Waals surface area contributed by atoms with Gasteiger partial charge in [0.25, 0.3) is 5.91 Å². The standard InChI is InChI=1S/C23H20N6O3S/c1-14-5-4-6-19-15(2)11-20(26-21(14)19)29-22(17(12-24)13-25-29)27-23(30)16-7-9-18(10-8-16)28-33(3,31)32/h4-11,13,28H,1-3H3,(H,27,30). The van der Waals surface area contributed by atoms with Gasteiger partial charge in [-0.3, -0.25) is 9.52 Å².